The smallest absolute Gasteiger partial charge is 0.253 e. The van der Waals surface area contributed by atoms with Crippen LogP contribution in [-0.2, 0) is 11.3 Å². The first-order valence-corrected chi connectivity index (χ1v) is 12.3. The molecule has 1 aromatic heterocycles. The highest BCUT2D eigenvalue weighted by atomic mass is 35.5. The van der Waals surface area contributed by atoms with Gasteiger partial charge in [-0.25, -0.2) is 0 Å². The van der Waals surface area contributed by atoms with Crippen LogP contribution in [0.3, 0.4) is 0 Å². The standard InChI is InChI=1S/C21H19Cl4N5O2S/c1-3-30-19(11(2)26-20(32)13-8-7-12(22)9-15(13)24)28-29-21(30)33-10-17(31)27-16-6-4-5-14(23)18(16)25/h4-9,11H,3,10H2,1-2H3,(H,26,32)(H,27,31)/t11-/m1/s1. The number of hydrogen-bond acceptors (Lipinski definition) is 5. The number of carbonyl (C=O) groups is 2. The Balaban J connectivity index is 1.65. The molecule has 0 spiro atoms. The third kappa shape index (κ3) is 6.33. The summed E-state index contributed by atoms with van der Waals surface area (Å²) in [5.41, 5.74) is 0.742. The van der Waals surface area contributed by atoms with E-state index in [0.717, 1.165) is 0 Å². The van der Waals surface area contributed by atoms with Crippen LogP contribution in [0.15, 0.2) is 41.6 Å². The van der Waals surface area contributed by atoms with Gasteiger partial charge in [0, 0.05) is 11.6 Å². The van der Waals surface area contributed by atoms with E-state index in [2.05, 4.69) is 20.8 Å². The van der Waals surface area contributed by atoms with Crippen LogP contribution >= 0.6 is 58.2 Å². The summed E-state index contributed by atoms with van der Waals surface area (Å²) in [6, 6.07) is 9.21. The van der Waals surface area contributed by atoms with Gasteiger partial charge in [-0.1, -0.05) is 64.2 Å². The first kappa shape index (κ1) is 25.6. The molecule has 0 fully saturated rings. The Morgan fingerprint density at radius 1 is 1.09 bits per heavy atom. The number of thioether (sulfide) groups is 1. The number of halogens is 4. The lowest BCUT2D eigenvalue weighted by molar-refractivity contribution is -0.113. The first-order chi connectivity index (χ1) is 15.7. The maximum absolute atomic E-state index is 12.6. The van der Waals surface area contributed by atoms with Gasteiger partial charge < -0.3 is 15.2 Å². The summed E-state index contributed by atoms with van der Waals surface area (Å²) in [5.74, 6) is 0.0101. The zero-order chi connectivity index (χ0) is 24.1. The minimum atomic E-state index is -0.454. The number of benzene rings is 2. The normalized spacial score (nSPS) is 11.8. The number of aromatic nitrogens is 3. The van der Waals surface area contributed by atoms with Crippen molar-refractivity contribution < 1.29 is 9.59 Å². The van der Waals surface area contributed by atoms with E-state index < -0.39 is 6.04 Å². The van der Waals surface area contributed by atoms with Gasteiger partial charge in [0.1, 0.15) is 0 Å². The zero-order valence-electron chi connectivity index (χ0n) is 17.5. The van der Waals surface area contributed by atoms with E-state index in [1.165, 1.54) is 17.8 Å². The Kier molecular flexibility index (Phi) is 8.89. The minimum Gasteiger partial charge on any atom is -0.342 e. The van der Waals surface area contributed by atoms with Gasteiger partial charge in [-0.05, 0) is 44.2 Å². The molecule has 2 aromatic carbocycles. The summed E-state index contributed by atoms with van der Waals surface area (Å²) in [4.78, 5) is 25.0. The lowest BCUT2D eigenvalue weighted by Crippen LogP contribution is -2.29. The van der Waals surface area contributed by atoms with Crippen LogP contribution in [-0.4, -0.2) is 32.3 Å². The molecule has 0 aliphatic heterocycles. The molecular weight excluding hydrogens is 528 g/mol. The van der Waals surface area contributed by atoms with Gasteiger partial charge in [-0.2, -0.15) is 0 Å². The van der Waals surface area contributed by atoms with E-state index in [1.54, 1.807) is 37.3 Å². The summed E-state index contributed by atoms with van der Waals surface area (Å²) in [7, 11) is 0. The SMILES string of the molecule is CCn1c(SCC(=O)Nc2cccc(Cl)c2Cl)nnc1[C@@H](C)NC(=O)c1ccc(Cl)cc1Cl. The Morgan fingerprint density at radius 3 is 2.55 bits per heavy atom. The molecule has 1 atom stereocenters. The minimum absolute atomic E-state index is 0.0854. The average Bonchev–Trinajstić information content (AvgIpc) is 3.18. The van der Waals surface area contributed by atoms with Crippen molar-refractivity contribution in [2.75, 3.05) is 11.1 Å². The second-order valence-electron chi connectivity index (χ2n) is 6.84. The van der Waals surface area contributed by atoms with Crippen molar-refractivity contribution in [1.29, 1.82) is 0 Å². The average molecular weight is 547 g/mol. The molecule has 2 N–H and O–H groups in total. The van der Waals surface area contributed by atoms with E-state index in [1.807, 2.05) is 11.5 Å². The van der Waals surface area contributed by atoms with Gasteiger partial charge in [-0.15, -0.1) is 10.2 Å². The highest BCUT2D eigenvalue weighted by molar-refractivity contribution is 7.99. The van der Waals surface area contributed by atoms with Crippen molar-refractivity contribution in [3.8, 4) is 0 Å². The van der Waals surface area contributed by atoms with Crippen LogP contribution < -0.4 is 10.6 Å². The van der Waals surface area contributed by atoms with Gasteiger partial charge >= 0.3 is 0 Å². The second-order valence-corrected chi connectivity index (χ2v) is 9.41. The molecule has 0 aliphatic carbocycles. The summed E-state index contributed by atoms with van der Waals surface area (Å²) in [6.45, 7) is 4.27. The summed E-state index contributed by atoms with van der Waals surface area (Å²) in [6.07, 6.45) is 0. The maximum Gasteiger partial charge on any atom is 0.253 e. The molecule has 0 aliphatic rings. The van der Waals surface area contributed by atoms with Crippen molar-refractivity contribution in [2.24, 2.45) is 0 Å². The third-order valence-electron chi connectivity index (χ3n) is 4.53. The number of rotatable bonds is 8. The van der Waals surface area contributed by atoms with Crippen LogP contribution in [0.2, 0.25) is 20.1 Å². The quantitative estimate of drug-likeness (QED) is 0.331. The molecule has 0 unspecified atom stereocenters. The highest BCUT2D eigenvalue weighted by Crippen LogP contribution is 2.30. The van der Waals surface area contributed by atoms with Crippen LogP contribution in [0.4, 0.5) is 5.69 Å². The zero-order valence-corrected chi connectivity index (χ0v) is 21.4. The molecule has 33 heavy (non-hydrogen) atoms. The number of hydrogen-bond donors (Lipinski definition) is 2. The Morgan fingerprint density at radius 2 is 1.85 bits per heavy atom. The molecule has 0 saturated carbocycles. The Bertz CT molecular complexity index is 1190. The second kappa shape index (κ2) is 11.4. The van der Waals surface area contributed by atoms with Gasteiger partial charge in [0.2, 0.25) is 5.91 Å². The number of nitrogens with one attached hydrogen (secondary N) is 2. The Labute approximate surface area is 215 Å². The van der Waals surface area contributed by atoms with Crippen LogP contribution in [0, 0.1) is 0 Å². The molecular formula is C21H19Cl4N5O2S. The van der Waals surface area contributed by atoms with Gasteiger partial charge in [0.05, 0.1) is 38.1 Å². The summed E-state index contributed by atoms with van der Waals surface area (Å²) < 4.78 is 1.83. The number of carbonyl (C=O) groups excluding carboxylic acids is 2. The van der Waals surface area contributed by atoms with Crippen molar-refractivity contribution in [3.05, 3.63) is 67.9 Å². The predicted molar refractivity (Wildman–Crippen MR) is 134 cm³/mol. The maximum atomic E-state index is 12.6. The van der Waals surface area contributed by atoms with Gasteiger partial charge in [0.25, 0.3) is 5.91 Å². The van der Waals surface area contributed by atoms with E-state index in [4.69, 9.17) is 46.4 Å². The van der Waals surface area contributed by atoms with Crippen LogP contribution in [0.1, 0.15) is 36.1 Å². The van der Waals surface area contributed by atoms with Crippen LogP contribution in [0.5, 0.6) is 0 Å². The van der Waals surface area contributed by atoms with Crippen molar-refractivity contribution in [3.63, 3.8) is 0 Å². The van der Waals surface area contributed by atoms with Crippen molar-refractivity contribution >= 4 is 75.7 Å². The van der Waals surface area contributed by atoms with E-state index in [-0.39, 0.29) is 27.6 Å². The molecule has 12 heteroatoms. The molecule has 0 saturated heterocycles. The van der Waals surface area contributed by atoms with Gasteiger partial charge in [0.15, 0.2) is 11.0 Å². The molecule has 1 heterocycles. The lowest BCUT2D eigenvalue weighted by Gasteiger charge is -2.15. The Hall–Kier alpha value is -1.97. The highest BCUT2D eigenvalue weighted by Gasteiger charge is 2.21. The fourth-order valence-electron chi connectivity index (χ4n) is 2.95. The molecule has 3 aromatic rings. The number of amides is 2. The number of anilines is 1. The number of nitrogens with zero attached hydrogens (tertiary/aromatic N) is 3. The van der Waals surface area contributed by atoms with Gasteiger partial charge in [-0.3, -0.25) is 9.59 Å². The molecule has 3 rings (SSSR count). The molecule has 174 valence electrons. The molecule has 7 nitrogen and oxygen atoms in total. The summed E-state index contributed by atoms with van der Waals surface area (Å²) in [5, 5.41) is 15.9. The monoisotopic (exact) mass is 545 g/mol. The molecule has 0 radical (unpaired) electrons. The predicted octanol–water partition coefficient (Wildman–Crippen LogP) is 6.13. The summed E-state index contributed by atoms with van der Waals surface area (Å²) >= 11 is 25.3. The first-order valence-electron chi connectivity index (χ1n) is 9.77. The van der Waals surface area contributed by atoms with E-state index in [0.29, 0.717) is 38.8 Å². The largest absolute Gasteiger partial charge is 0.342 e. The third-order valence-corrected chi connectivity index (χ3v) is 6.86. The topological polar surface area (TPSA) is 88.9 Å². The van der Waals surface area contributed by atoms with Crippen molar-refractivity contribution in [1.82, 2.24) is 20.1 Å². The fraction of sp³-hybridized carbons (Fsp3) is 0.238. The van der Waals surface area contributed by atoms with E-state index in [9.17, 15) is 9.59 Å². The van der Waals surface area contributed by atoms with Crippen molar-refractivity contribution in [2.45, 2.75) is 31.6 Å². The molecule has 0 bridgehead atoms. The van der Waals surface area contributed by atoms with E-state index >= 15 is 0 Å². The fourth-order valence-corrected chi connectivity index (χ4v) is 4.61. The molecule has 2 amide bonds. The van der Waals surface area contributed by atoms with Crippen LogP contribution in [0.25, 0.3) is 0 Å². The lowest BCUT2D eigenvalue weighted by atomic mass is 10.2.